The lowest BCUT2D eigenvalue weighted by Gasteiger charge is -2.23. The van der Waals surface area contributed by atoms with Gasteiger partial charge < -0.3 is 15.9 Å². The molecule has 1 aromatic rings. The Kier molecular flexibility index (Phi) is 5.79. The minimum atomic E-state index is -0.640. The van der Waals surface area contributed by atoms with E-state index in [0.717, 1.165) is 5.56 Å². The number of hydrogen-bond acceptors (Lipinski definition) is 3. The number of nitrogens with two attached hydrogens (primary N) is 1. The average molecular weight is 246 g/mol. The molecule has 0 saturated carbocycles. The molecule has 2 atom stereocenters. The lowest BCUT2D eigenvalue weighted by atomic mass is 9.93. The number of phenolic OH excluding ortho intramolecular Hbond substituents is 1. The second kappa shape index (κ2) is 6.09. The number of hydrogen-bond donors (Lipinski definition) is 3. The van der Waals surface area contributed by atoms with Gasteiger partial charge in [0, 0.05) is 5.56 Å². The number of rotatable bonds is 3. The van der Waals surface area contributed by atoms with Gasteiger partial charge in [-0.15, -0.1) is 12.4 Å². The van der Waals surface area contributed by atoms with Crippen LogP contribution in [-0.2, 0) is 0 Å². The SMILES string of the molecule is Cc1ccc([C@@H](N)[C@@H](O)C(C)C)c(O)c1.Cl. The standard InChI is InChI=1S/C12H19NO2.ClH/c1-7(2)12(15)11(13)9-5-4-8(3)6-10(9)14;/h4-7,11-12,14-15H,13H2,1-3H3;1H/t11-,12+;/m1./s1. The Morgan fingerprint density at radius 2 is 1.81 bits per heavy atom. The topological polar surface area (TPSA) is 66.5 Å². The molecule has 0 aliphatic rings. The van der Waals surface area contributed by atoms with E-state index in [2.05, 4.69) is 0 Å². The number of halogens is 1. The van der Waals surface area contributed by atoms with Crippen LogP contribution in [0.5, 0.6) is 5.75 Å². The van der Waals surface area contributed by atoms with E-state index in [0.29, 0.717) is 5.56 Å². The second-order valence-corrected chi connectivity index (χ2v) is 4.32. The Labute approximate surface area is 103 Å². The average Bonchev–Trinajstić information content (AvgIpc) is 2.15. The molecule has 0 fully saturated rings. The smallest absolute Gasteiger partial charge is 0.120 e. The highest BCUT2D eigenvalue weighted by Crippen LogP contribution is 2.27. The van der Waals surface area contributed by atoms with Gasteiger partial charge in [0.1, 0.15) is 5.75 Å². The summed E-state index contributed by atoms with van der Waals surface area (Å²) >= 11 is 0. The predicted molar refractivity (Wildman–Crippen MR) is 67.9 cm³/mol. The summed E-state index contributed by atoms with van der Waals surface area (Å²) in [7, 11) is 0. The summed E-state index contributed by atoms with van der Waals surface area (Å²) in [5.74, 6) is 0.225. The van der Waals surface area contributed by atoms with Gasteiger partial charge in [0.25, 0.3) is 0 Å². The van der Waals surface area contributed by atoms with Crippen LogP contribution in [0.2, 0.25) is 0 Å². The molecule has 0 aliphatic heterocycles. The third kappa shape index (κ3) is 3.37. The first-order chi connectivity index (χ1) is 6.93. The maximum atomic E-state index is 9.81. The summed E-state index contributed by atoms with van der Waals surface area (Å²) in [5, 5.41) is 19.5. The zero-order chi connectivity index (χ0) is 11.6. The van der Waals surface area contributed by atoms with Gasteiger partial charge in [-0.3, -0.25) is 0 Å². The van der Waals surface area contributed by atoms with Gasteiger partial charge >= 0.3 is 0 Å². The first kappa shape index (κ1) is 15.2. The Morgan fingerprint density at radius 1 is 1.25 bits per heavy atom. The van der Waals surface area contributed by atoms with E-state index in [9.17, 15) is 10.2 Å². The Bertz CT molecular complexity index is 342. The first-order valence-electron chi connectivity index (χ1n) is 5.16. The van der Waals surface area contributed by atoms with Crippen molar-refractivity contribution >= 4 is 12.4 Å². The van der Waals surface area contributed by atoms with Crippen molar-refractivity contribution in [2.45, 2.75) is 32.9 Å². The molecule has 3 nitrogen and oxygen atoms in total. The molecule has 0 heterocycles. The molecule has 0 saturated heterocycles. The van der Waals surface area contributed by atoms with Crippen molar-refractivity contribution in [1.29, 1.82) is 0 Å². The third-order valence-electron chi connectivity index (χ3n) is 2.60. The molecule has 0 unspecified atom stereocenters. The zero-order valence-corrected chi connectivity index (χ0v) is 10.7. The maximum Gasteiger partial charge on any atom is 0.120 e. The van der Waals surface area contributed by atoms with Crippen molar-refractivity contribution in [3.05, 3.63) is 29.3 Å². The van der Waals surface area contributed by atoms with Crippen LogP contribution in [0.3, 0.4) is 0 Å². The lowest BCUT2D eigenvalue weighted by Crippen LogP contribution is -2.30. The van der Waals surface area contributed by atoms with E-state index in [1.807, 2.05) is 26.8 Å². The molecule has 0 aliphatic carbocycles. The van der Waals surface area contributed by atoms with Crippen molar-refractivity contribution in [2.75, 3.05) is 0 Å². The molecule has 1 rings (SSSR count). The molecule has 0 bridgehead atoms. The summed E-state index contributed by atoms with van der Waals surface area (Å²) in [4.78, 5) is 0. The van der Waals surface area contributed by atoms with Crippen LogP contribution in [0.15, 0.2) is 18.2 Å². The number of benzene rings is 1. The van der Waals surface area contributed by atoms with Crippen LogP contribution in [0.25, 0.3) is 0 Å². The monoisotopic (exact) mass is 245 g/mol. The highest BCUT2D eigenvalue weighted by molar-refractivity contribution is 5.85. The fourth-order valence-corrected chi connectivity index (χ4v) is 1.53. The molecule has 0 radical (unpaired) electrons. The highest BCUT2D eigenvalue weighted by atomic mass is 35.5. The Morgan fingerprint density at radius 3 is 2.25 bits per heavy atom. The van der Waals surface area contributed by atoms with Crippen LogP contribution in [0, 0.1) is 12.8 Å². The van der Waals surface area contributed by atoms with E-state index in [-0.39, 0.29) is 24.1 Å². The van der Waals surface area contributed by atoms with Gasteiger partial charge in [-0.1, -0.05) is 26.0 Å². The summed E-state index contributed by atoms with van der Waals surface area (Å²) in [6, 6.07) is 4.76. The molecule has 0 amide bonds. The summed E-state index contributed by atoms with van der Waals surface area (Å²) in [6.07, 6.45) is -0.640. The van der Waals surface area contributed by atoms with Crippen LogP contribution in [0.1, 0.15) is 31.0 Å². The number of aryl methyl sites for hydroxylation is 1. The van der Waals surface area contributed by atoms with Crippen molar-refractivity contribution in [2.24, 2.45) is 11.7 Å². The molecule has 92 valence electrons. The first-order valence-corrected chi connectivity index (χ1v) is 5.16. The van der Waals surface area contributed by atoms with Gasteiger partial charge in [-0.2, -0.15) is 0 Å². The fraction of sp³-hybridized carbons (Fsp3) is 0.500. The van der Waals surface area contributed by atoms with Crippen molar-refractivity contribution in [1.82, 2.24) is 0 Å². The molecule has 0 aromatic heterocycles. The van der Waals surface area contributed by atoms with Crippen LogP contribution < -0.4 is 5.73 Å². The van der Waals surface area contributed by atoms with E-state index in [1.54, 1.807) is 12.1 Å². The minimum absolute atomic E-state index is 0. The summed E-state index contributed by atoms with van der Waals surface area (Å²) in [6.45, 7) is 5.69. The van der Waals surface area contributed by atoms with Crippen molar-refractivity contribution in [3.63, 3.8) is 0 Å². The van der Waals surface area contributed by atoms with E-state index < -0.39 is 12.1 Å². The van der Waals surface area contributed by atoms with Gasteiger partial charge in [0.15, 0.2) is 0 Å². The van der Waals surface area contributed by atoms with Crippen LogP contribution >= 0.6 is 12.4 Å². The Balaban J connectivity index is 0.00000225. The zero-order valence-electron chi connectivity index (χ0n) is 9.84. The van der Waals surface area contributed by atoms with Crippen molar-refractivity contribution < 1.29 is 10.2 Å². The predicted octanol–water partition coefficient (Wildman–Crippen LogP) is 2.14. The number of aliphatic hydroxyl groups is 1. The molecule has 4 N–H and O–H groups in total. The van der Waals surface area contributed by atoms with E-state index >= 15 is 0 Å². The van der Waals surface area contributed by atoms with E-state index in [1.165, 1.54) is 0 Å². The Hall–Kier alpha value is -0.770. The molecule has 4 heteroatoms. The van der Waals surface area contributed by atoms with Crippen LogP contribution in [-0.4, -0.2) is 16.3 Å². The molecule has 1 aromatic carbocycles. The fourth-order valence-electron chi connectivity index (χ4n) is 1.53. The lowest BCUT2D eigenvalue weighted by molar-refractivity contribution is 0.0970. The molecular weight excluding hydrogens is 226 g/mol. The normalized spacial score (nSPS) is 14.4. The third-order valence-corrected chi connectivity index (χ3v) is 2.60. The van der Waals surface area contributed by atoms with Gasteiger partial charge in [0.05, 0.1) is 12.1 Å². The largest absolute Gasteiger partial charge is 0.508 e. The quantitative estimate of drug-likeness (QED) is 0.764. The molecule has 0 spiro atoms. The van der Waals surface area contributed by atoms with Crippen molar-refractivity contribution in [3.8, 4) is 5.75 Å². The van der Waals surface area contributed by atoms with Gasteiger partial charge in [0.2, 0.25) is 0 Å². The van der Waals surface area contributed by atoms with Crippen LogP contribution in [0.4, 0.5) is 0 Å². The highest BCUT2D eigenvalue weighted by Gasteiger charge is 2.22. The number of aromatic hydroxyl groups is 1. The second-order valence-electron chi connectivity index (χ2n) is 4.32. The summed E-state index contributed by atoms with van der Waals surface area (Å²) < 4.78 is 0. The molecule has 16 heavy (non-hydrogen) atoms. The number of phenols is 1. The maximum absolute atomic E-state index is 9.81. The minimum Gasteiger partial charge on any atom is -0.508 e. The number of aliphatic hydroxyl groups excluding tert-OH is 1. The molecular formula is C12H20ClNO2. The van der Waals surface area contributed by atoms with Gasteiger partial charge in [-0.05, 0) is 24.5 Å². The van der Waals surface area contributed by atoms with E-state index in [4.69, 9.17) is 5.73 Å². The summed E-state index contributed by atoms with van der Waals surface area (Å²) in [5.41, 5.74) is 7.45. The van der Waals surface area contributed by atoms with Gasteiger partial charge in [-0.25, -0.2) is 0 Å².